The lowest BCUT2D eigenvalue weighted by atomic mass is 10.2. The summed E-state index contributed by atoms with van der Waals surface area (Å²) < 4.78 is 0. The minimum absolute atomic E-state index is 0.0401. The van der Waals surface area contributed by atoms with E-state index in [-0.39, 0.29) is 6.10 Å². The second-order valence-corrected chi connectivity index (χ2v) is 3.47. The number of nitrogens with zero attached hydrogens (tertiary/aromatic N) is 1. The first-order valence-corrected chi connectivity index (χ1v) is 4.35. The first-order chi connectivity index (χ1) is 4.86. The number of thiazole rings is 1. The molecule has 2 nitrogen and oxygen atoms in total. The summed E-state index contributed by atoms with van der Waals surface area (Å²) in [5.41, 5.74) is 2.97. The van der Waals surface area contributed by atoms with Gasteiger partial charge in [-0.2, -0.15) is 0 Å². The molecule has 3 heteroatoms. The van der Waals surface area contributed by atoms with Crippen molar-refractivity contribution in [1.29, 1.82) is 0 Å². The summed E-state index contributed by atoms with van der Waals surface area (Å²) in [6, 6.07) is 0. The van der Waals surface area contributed by atoms with Crippen molar-refractivity contribution < 1.29 is 5.11 Å². The SMILES string of the molecule is OC1CC1Cc1cscn1. The zero-order valence-corrected chi connectivity index (χ0v) is 6.34. The number of aromatic nitrogens is 1. The van der Waals surface area contributed by atoms with Crippen LogP contribution in [0.15, 0.2) is 10.9 Å². The van der Waals surface area contributed by atoms with E-state index >= 15 is 0 Å². The van der Waals surface area contributed by atoms with Gasteiger partial charge >= 0.3 is 0 Å². The Hall–Kier alpha value is -0.410. The monoisotopic (exact) mass is 155 g/mol. The highest BCUT2D eigenvalue weighted by molar-refractivity contribution is 7.07. The summed E-state index contributed by atoms with van der Waals surface area (Å²) in [5.74, 6) is 0.502. The van der Waals surface area contributed by atoms with Gasteiger partial charge in [0.25, 0.3) is 0 Å². The third kappa shape index (κ3) is 1.20. The van der Waals surface area contributed by atoms with E-state index in [1.807, 2.05) is 10.9 Å². The second-order valence-electron chi connectivity index (χ2n) is 2.75. The van der Waals surface area contributed by atoms with Gasteiger partial charge in [-0.1, -0.05) is 0 Å². The number of rotatable bonds is 2. The van der Waals surface area contributed by atoms with Crippen molar-refractivity contribution >= 4 is 11.3 Å². The normalized spacial score (nSPS) is 30.5. The molecular formula is C7H9NOS. The summed E-state index contributed by atoms with van der Waals surface area (Å²) >= 11 is 1.62. The zero-order chi connectivity index (χ0) is 6.97. The van der Waals surface area contributed by atoms with Crippen LogP contribution in [0.1, 0.15) is 12.1 Å². The van der Waals surface area contributed by atoms with Crippen LogP contribution in [-0.4, -0.2) is 16.2 Å². The maximum absolute atomic E-state index is 9.00. The molecule has 0 aliphatic heterocycles. The summed E-state index contributed by atoms with van der Waals surface area (Å²) in [4.78, 5) is 4.14. The smallest absolute Gasteiger partial charge is 0.0794 e. The van der Waals surface area contributed by atoms with Gasteiger partial charge in [0.1, 0.15) is 0 Å². The Morgan fingerprint density at radius 2 is 2.60 bits per heavy atom. The molecule has 1 heterocycles. The van der Waals surface area contributed by atoms with Gasteiger partial charge in [0.2, 0.25) is 0 Å². The molecule has 1 aromatic rings. The van der Waals surface area contributed by atoms with Crippen LogP contribution in [0.4, 0.5) is 0 Å². The van der Waals surface area contributed by atoms with Gasteiger partial charge in [0.15, 0.2) is 0 Å². The Morgan fingerprint density at radius 1 is 1.80 bits per heavy atom. The van der Waals surface area contributed by atoms with E-state index in [0.717, 1.165) is 18.5 Å². The average Bonchev–Trinajstić information content (AvgIpc) is 2.48. The first kappa shape index (κ1) is 6.31. The van der Waals surface area contributed by atoms with E-state index in [0.29, 0.717) is 5.92 Å². The summed E-state index contributed by atoms with van der Waals surface area (Å²) in [6.45, 7) is 0. The molecule has 0 spiro atoms. The number of hydrogen-bond acceptors (Lipinski definition) is 3. The minimum Gasteiger partial charge on any atom is -0.393 e. The number of aliphatic hydroxyl groups excluding tert-OH is 1. The maximum Gasteiger partial charge on any atom is 0.0794 e. The van der Waals surface area contributed by atoms with E-state index < -0.39 is 0 Å². The van der Waals surface area contributed by atoms with E-state index in [9.17, 15) is 0 Å². The quantitative estimate of drug-likeness (QED) is 0.693. The summed E-state index contributed by atoms with van der Waals surface area (Å²) in [5, 5.41) is 11.0. The van der Waals surface area contributed by atoms with Crippen molar-refractivity contribution in [2.45, 2.75) is 18.9 Å². The molecule has 0 aromatic carbocycles. The lowest BCUT2D eigenvalue weighted by Crippen LogP contribution is -1.91. The fraction of sp³-hybridized carbons (Fsp3) is 0.571. The van der Waals surface area contributed by atoms with Crippen molar-refractivity contribution in [1.82, 2.24) is 4.98 Å². The minimum atomic E-state index is -0.0401. The van der Waals surface area contributed by atoms with Gasteiger partial charge in [0, 0.05) is 5.38 Å². The van der Waals surface area contributed by atoms with Crippen molar-refractivity contribution in [3.05, 3.63) is 16.6 Å². The third-order valence-electron chi connectivity index (χ3n) is 1.84. The van der Waals surface area contributed by atoms with Crippen LogP contribution in [0.3, 0.4) is 0 Å². The van der Waals surface area contributed by atoms with E-state index in [1.54, 1.807) is 11.3 Å². The van der Waals surface area contributed by atoms with Gasteiger partial charge in [-0.05, 0) is 18.8 Å². The molecule has 0 radical (unpaired) electrons. The van der Waals surface area contributed by atoms with Crippen molar-refractivity contribution in [2.75, 3.05) is 0 Å². The highest BCUT2D eigenvalue weighted by Gasteiger charge is 2.35. The van der Waals surface area contributed by atoms with Crippen LogP contribution in [0.2, 0.25) is 0 Å². The molecule has 1 saturated carbocycles. The Balaban J connectivity index is 1.93. The molecule has 1 fully saturated rings. The van der Waals surface area contributed by atoms with Gasteiger partial charge in [-0.3, -0.25) is 0 Å². The van der Waals surface area contributed by atoms with Gasteiger partial charge < -0.3 is 5.11 Å². The van der Waals surface area contributed by atoms with Gasteiger partial charge in [0.05, 0.1) is 17.3 Å². The lowest BCUT2D eigenvalue weighted by molar-refractivity contribution is 0.259. The van der Waals surface area contributed by atoms with E-state index in [1.165, 1.54) is 0 Å². The number of hydrogen-bond donors (Lipinski definition) is 1. The van der Waals surface area contributed by atoms with Gasteiger partial charge in [-0.25, -0.2) is 4.98 Å². The highest BCUT2D eigenvalue weighted by atomic mass is 32.1. The van der Waals surface area contributed by atoms with Crippen LogP contribution in [0.5, 0.6) is 0 Å². The van der Waals surface area contributed by atoms with Crippen LogP contribution < -0.4 is 0 Å². The molecule has 0 saturated heterocycles. The molecule has 0 bridgehead atoms. The van der Waals surface area contributed by atoms with E-state index in [2.05, 4.69) is 4.98 Å². The van der Waals surface area contributed by atoms with Crippen molar-refractivity contribution in [3.8, 4) is 0 Å². The predicted molar refractivity (Wildman–Crippen MR) is 39.9 cm³/mol. The zero-order valence-electron chi connectivity index (χ0n) is 5.53. The average molecular weight is 155 g/mol. The summed E-state index contributed by atoms with van der Waals surface area (Å²) in [6.07, 6.45) is 1.89. The topological polar surface area (TPSA) is 33.1 Å². The lowest BCUT2D eigenvalue weighted by Gasteiger charge is -1.89. The maximum atomic E-state index is 9.00. The third-order valence-corrected chi connectivity index (χ3v) is 2.48. The molecule has 1 aliphatic carbocycles. The van der Waals surface area contributed by atoms with Crippen molar-refractivity contribution in [2.24, 2.45) is 5.92 Å². The van der Waals surface area contributed by atoms with Crippen LogP contribution in [0, 0.1) is 5.92 Å². The van der Waals surface area contributed by atoms with Crippen LogP contribution >= 0.6 is 11.3 Å². The van der Waals surface area contributed by atoms with Crippen LogP contribution in [0.25, 0.3) is 0 Å². The fourth-order valence-corrected chi connectivity index (χ4v) is 1.63. The Labute approximate surface area is 63.5 Å². The van der Waals surface area contributed by atoms with Crippen molar-refractivity contribution in [3.63, 3.8) is 0 Å². The van der Waals surface area contributed by atoms with E-state index in [4.69, 9.17) is 5.11 Å². The van der Waals surface area contributed by atoms with Gasteiger partial charge in [-0.15, -0.1) is 11.3 Å². The molecule has 2 atom stereocenters. The molecule has 1 aliphatic rings. The molecule has 2 unspecified atom stereocenters. The Kier molecular flexibility index (Phi) is 1.47. The first-order valence-electron chi connectivity index (χ1n) is 3.41. The number of aliphatic hydroxyl groups is 1. The molecule has 54 valence electrons. The molecule has 1 N–H and O–H groups in total. The standard InChI is InChI=1S/C7H9NOS/c9-7-2-5(7)1-6-3-10-4-8-6/h3-5,7,9H,1-2H2. The fourth-order valence-electron chi connectivity index (χ4n) is 1.06. The highest BCUT2D eigenvalue weighted by Crippen LogP contribution is 2.33. The van der Waals surface area contributed by atoms with Crippen LogP contribution in [-0.2, 0) is 6.42 Å². The predicted octanol–water partition coefficient (Wildman–Crippen LogP) is 1.07. The summed E-state index contributed by atoms with van der Waals surface area (Å²) in [7, 11) is 0. The molecule has 1 aromatic heterocycles. The second kappa shape index (κ2) is 2.32. The molecule has 2 rings (SSSR count). The Bertz CT molecular complexity index is 209. The molecular weight excluding hydrogens is 146 g/mol. The Morgan fingerprint density at radius 3 is 3.10 bits per heavy atom. The largest absolute Gasteiger partial charge is 0.393 e. The molecule has 10 heavy (non-hydrogen) atoms. The molecule has 0 amide bonds.